The lowest BCUT2D eigenvalue weighted by molar-refractivity contribution is 0.394. The Morgan fingerprint density at radius 2 is 1.68 bits per heavy atom. The van der Waals surface area contributed by atoms with Crippen molar-refractivity contribution in [2.24, 2.45) is 0 Å². The van der Waals surface area contributed by atoms with E-state index in [9.17, 15) is 0 Å². The van der Waals surface area contributed by atoms with Crippen LogP contribution in [0, 0.1) is 0 Å². The second-order valence-electron chi connectivity index (χ2n) is 5.45. The number of rotatable bonds is 7. The highest BCUT2D eigenvalue weighted by Crippen LogP contribution is 2.31. The average Bonchev–Trinajstić information content (AvgIpc) is 3.28. The molecule has 0 N–H and O–H groups in total. The number of hydrogen-bond donors (Lipinski definition) is 0. The lowest BCUT2D eigenvalue weighted by Gasteiger charge is -2.05. The van der Waals surface area contributed by atoms with Crippen LogP contribution in [0.5, 0.6) is 11.5 Å². The van der Waals surface area contributed by atoms with Gasteiger partial charge in [-0.2, -0.15) is 0 Å². The first-order chi connectivity index (χ1) is 12.1. The fourth-order valence-electron chi connectivity index (χ4n) is 2.00. The topological polar surface area (TPSA) is 96.3 Å². The maximum absolute atomic E-state index is 5.68. The summed E-state index contributed by atoms with van der Waals surface area (Å²) >= 11 is 1.33. The van der Waals surface area contributed by atoms with E-state index in [0.29, 0.717) is 40.1 Å². The molecular formula is C16H18N4O4S. The first-order valence-corrected chi connectivity index (χ1v) is 8.59. The third-order valence-corrected chi connectivity index (χ3v) is 4.10. The summed E-state index contributed by atoms with van der Waals surface area (Å²) in [7, 11) is 3.17. The minimum atomic E-state index is 0.198. The molecule has 1 aromatic carbocycles. The zero-order chi connectivity index (χ0) is 17.8. The summed E-state index contributed by atoms with van der Waals surface area (Å²) in [4.78, 5) is 0. The minimum Gasteiger partial charge on any atom is -0.497 e. The van der Waals surface area contributed by atoms with E-state index in [0.717, 1.165) is 5.56 Å². The highest BCUT2D eigenvalue weighted by Gasteiger charge is 2.14. The van der Waals surface area contributed by atoms with Crippen molar-refractivity contribution in [1.82, 2.24) is 20.4 Å². The van der Waals surface area contributed by atoms with Gasteiger partial charge in [0.05, 0.1) is 20.0 Å². The van der Waals surface area contributed by atoms with Crippen LogP contribution in [-0.4, -0.2) is 34.6 Å². The summed E-state index contributed by atoms with van der Waals surface area (Å²) in [6.07, 6.45) is 0. The Morgan fingerprint density at radius 1 is 0.960 bits per heavy atom. The molecule has 0 amide bonds. The molecule has 0 aliphatic rings. The highest BCUT2D eigenvalue weighted by atomic mass is 32.2. The molecule has 132 valence electrons. The summed E-state index contributed by atoms with van der Waals surface area (Å²) in [5.74, 6) is 3.48. The summed E-state index contributed by atoms with van der Waals surface area (Å²) < 4.78 is 21.7. The first-order valence-electron chi connectivity index (χ1n) is 7.61. The second kappa shape index (κ2) is 7.56. The van der Waals surface area contributed by atoms with Crippen molar-refractivity contribution >= 4 is 11.8 Å². The van der Waals surface area contributed by atoms with E-state index in [-0.39, 0.29) is 5.92 Å². The van der Waals surface area contributed by atoms with Gasteiger partial charge in [-0.15, -0.1) is 20.4 Å². The minimum absolute atomic E-state index is 0.198. The van der Waals surface area contributed by atoms with E-state index >= 15 is 0 Å². The molecule has 25 heavy (non-hydrogen) atoms. The Balaban J connectivity index is 1.71. The molecule has 0 aliphatic carbocycles. The van der Waals surface area contributed by atoms with E-state index in [4.69, 9.17) is 18.3 Å². The van der Waals surface area contributed by atoms with Gasteiger partial charge in [-0.3, -0.25) is 0 Å². The lowest BCUT2D eigenvalue weighted by atomic mass is 10.2. The average molecular weight is 362 g/mol. The highest BCUT2D eigenvalue weighted by molar-refractivity contribution is 7.98. The molecule has 0 saturated carbocycles. The van der Waals surface area contributed by atoms with Crippen LogP contribution in [0.25, 0.3) is 11.5 Å². The van der Waals surface area contributed by atoms with E-state index in [1.165, 1.54) is 11.8 Å². The zero-order valence-corrected chi connectivity index (χ0v) is 15.2. The second-order valence-corrected chi connectivity index (χ2v) is 6.38. The normalized spacial score (nSPS) is 11.1. The molecule has 2 heterocycles. The largest absolute Gasteiger partial charge is 0.497 e. The lowest BCUT2D eigenvalue weighted by Crippen LogP contribution is -1.88. The number of benzene rings is 1. The van der Waals surface area contributed by atoms with Crippen LogP contribution < -0.4 is 9.47 Å². The van der Waals surface area contributed by atoms with Crippen LogP contribution in [0.4, 0.5) is 0 Å². The molecule has 0 saturated heterocycles. The van der Waals surface area contributed by atoms with Gasteiger partial charge in [-0.05, 0) is 12.1 Å². The molecule has 0 bridgehead atoms. The fraction of sp³-hybridized carbons (Fsp3) is 0.375. The summed E-state index contributed by atoms with van der Waals surface area (Å²) in [5, 5.41) is 16.5. The standard InChI is InChI=1S/C16H18N4O4S/c1-9(2)14-18-17-13(23-14)8-25-16-20-19-15(24-16)10-5-11(21-3)7-12(6-10)22-4/h5-7,9H,8H2,1-4H3. The van der Waals surface area contributed by atoms with Crippen molar-refractivity contribution < 1.29 is 18.3 Å². The van der Waals surface area contributed by atoms with Gasteiger partial charge in [0, 0.05) is 17.5 Å². The quantitative estimate of drug-likeness (QED) is 0.584. The molecule has 9 heteroatoms. The molecule has 3 rings (SSSR count). The summed E-state index contributed by atoms with van der Waals surface area (Å²) in [5.41, 5.74) is 0.718. The first kappa shape index (κ1) is 17.3. The number of methoxy groups -OCH3 is 2. The summed E-state index contributed by atoms with van der Waals surface area (Å²) in [6, 6.07) is 5.38. The molecule has 0 radical (unpaired) electrons. The Labute approximate surface area is 148 Å². The van der Waals surface area contributed by atoms with Gasteiger partial charge in [0.1, 0.15) is 11.5 Å². The van der Waals surface area contributed by atoms with Crippen LogP contribution in [0.2, 0.25) is 0 Å². The molecule has 0 fully saturated rings. The number of ether oxygens (including phenoxy) is 2. The van der Waals surface area contributed by atoms with Gasteiger partial charge in [-0.1, -0.05) is 25.6 Å². The van der Waals surface area contributed by atoms with Crippen LogP contribution in [0.1, 0.15) is 31.5 Å². The van der Waals surface area contributed by atoms with Crippen molar-refractivity contribution in [1.29, 1.82) is 0 Å². The van der Waals surface area contributed by atoms with Crippen LogP contribution in [-0.2, 0) is 5.75 Å². The van der Waals surface area contributed by atoms with Gasteiger partial charge >= 0.3 is 0 Å². The van der Waals surface area contributed by atoms with Crippen molar-refractivity contribution in [3.8, 4) is 23.0 Å². The summed E-state index contributed by atoms with van der Waals surface area (Å²) in [6.45, 7) is 3.99. The number of hydrogen-bond acceptors (Lipinski definition) is 9. The molecule has 0 atom stereocenters. The predicted molar refractivity (Wildman–Crippen MR) is 90.8 cm³/mol. The smallest absolute Gasteiger partial charge is 0.277 e. The monoisotopic (exact) mass is 362 g/mol. The van der Waals surface area contributed by atoms with Gasteiger partial charge in [0.2, 0.25) is 17.7 Å². The predicted octanol–water partition coefficient (Wildman–Crippen LogP) is 3.55. The third kappa shape index (κ3) is 4.11. The molecule has 0 aliphatic heterocycles. The molecular weight excluding hydrogens is 344 g/mol. The Bertz CT molecular complexity index is 824. The Hall–Kier alpha value is -2.55. The van der Waals surface area contributed by atoms with Gasteiger partial charge in [0.15, 0.2) is 0 Å². The number of nitrogens with zero attached hydrogens (tertiary/aromatic N) is 4. The van der Waals surface area contributed by atoms with Crippen LogP contribution in [0.3, 0.4) is 0 Å². The van der Waals surface area contributed by atoms with Crippen molar-refractivity contribution in [3.63, 3.8) is 0 Å². The maximum atomic E-state index is 5.68. The SMILES string of the molecule is COc1cc(OC)cc(-c2nnc(SCc3nnc(C(C)C)o3)o2)c1. The molecule has 8 nitrogen and oxygen atoms in total. The van der Waals surface area contributed by atoms with Crippen molar-refractivity contribution in [2.75, 3.05) is 14.2 Å². The van der Waals surface area contributed by atoms with Crippen molar-refractivity contribution in [3.05, 3.63) is 30.0 Å². The Kier molecular flexibility index (Phi) is 5.22. The van der Waals surface area contributed by atoms with E-state index < -0.39 is 0 Å². The molecule has 0 unspecified atom stereocenters. The van der Waals surface area contributed by atoms with Gasteiger partial charge in [-0.25, -0.2) is 0 Å². The van der Waals surface area contributed by atoms with Crippen LogP contribution >= 0.6 is 11.8 Å². The van der Waals surface area contributed by atoms with Gasteiger partial charge in [0.25, 0.3) is 5.22 Å². The zero-order valence-electron chi connectivity index (χ0n) is 14.3. The third-order valence-electron chi connectivity index (χ3n) is 3.30. The molecule has 3 aromatic rings. The van der Waals surface area contributed by atoms with E-state index in [1.54, 1.807) is 32.4 Å². The van der Waals surface area contributed by atoms with Crippen molar-refractivity contribution in [2.45, 2.75) is 30.7 Å². The van der Waals surface area contributed by atoms with E-state index in [1.807, 2.05) is 13.8 Å². The Morgan fingerprint density at radius 3 is 2.28 bits per heavy atom. The number of aromatic nitrogens is 4. The molecule has 2 aromatic heterocycles. The molecule has 0 spiro atoms. The maximum Gasteiger partial charge on any atom is 0.277 e. The van der Waals surface area contributed by atoms with Gasteiger partial charge < -0.3 is 18.3 Å². The number of thioether (sulfide) groups is 1. The fourth-order valence-corrected chi connectivity index (χ4v) is 2.60. The van der Waals surface area contributed by atoms with E-state index in [2.05, 4.69) is 20.4 Å². The van der Waals surface area contributed by atoms with Crippen LogP contribution in [0.15, 0.2) is 32.3 Å².